The number of halogens is 2. The lowest BCUT2D eigenvalue weighted by molar-refractivity contribution is 0.196. The van der Waals surface area contributed by atoms with Crippen molar-refractivity contribution in [1.29, 1.82) is 0 Å². The molecule has 0 aliphatic heterocycles. The summed E-state index contributed by atoms with van der Waals surface area (Å²) < 4.78 is 5.80. The van der Waals surface area contributed by atoms with E-state index in [1.54, 1.807) is 48.5 Å². The number of hydrogen-bond acceptors (Lipinski definition) is 4. The number of ether oxygens (including phenoxy) is 1. The number of benzene rings is 2. The van der Waals surface area contributed by atoms with Gasteiger partial charge in [-0.25, -0.2) is 4.79 Å². The molecule has 0 saturated heterocycles. The molecule has 2 aromatic carbocycles. The highest BCUT2D eigenvalue weighted by atomic mass is 79.9. The first-order valence-electron chi connectivity index (χ1n) is 6.38. The van der Waals surface area contributed by atoms with Crippen molar-refractivity contribution in [2.75, 3.05) is 0 Å². The number of para-hydroxylation sites is 1. The van der Waals surface area contributed by atoms with Crippen molar-refractivity contribution in [1.82, 2.24) is 5.32 Å². The van der Waals surface area contributed by atoms with Crippen molar-refractivity contribution in [3.63, 3.8) is 0 Å². The second-order valence-corrected chi connectivity index (χ2v) is 5.68. The van der Waals surface area contributed by atoms with Crippen LogP contribution in [0.25, 0.3) is 0 Å². The topological polar surface area (TPSA) is 67.8 Å². The Balaban J connectivity index is 1.95. The Morgan fingerprint density at radius 1 is 1.27 bits per heavy atom. The molecule has 0 spiro atoms. The van der Waals surface area contributed by atoms with Gasteiger partial charge >= 0.3 is 6.09 Å². The van der Waals surface area contributed by atoms with Crippen LogP contribution in [0.1, 0.15) is 5.56 Å². The van der Waals surface area contributed by atoms with Crippen LogP contribution in [0, 0.1) is 4.91 Å². The maximum absolute atomic E-state index is 11.7. The number of amides is 1. The number of nitroso groups, excluding NO2 is 1. The predicted molar refractivity (Wildman–Crippen MR) is 88.0 cm³/mol. The first-order valence-corrected chi connectivity index (χ1v) is 7.55. The third-order valence-electron chi connectivity index (χ3n) is 2.78. The summed E-state index contributed by atoms with van der Waals surface area (Å²) in [5.74, 6) is 0.385. The molecule has 1 atom stereocenters. The number of nitrogens with zero attached hydrogens (tertiary/aromatic N) is 1. The molecule has 0 radical (unpaired) electrons. The Hall–Kier alpha value is -1.92. The molecule has 0 aromatic heterocycles. The molecule has 0 fully saturated rings. The van der Waals surface area contributed by atoms with Crippen molar-refractivity contribution < 1.29 is 9.53 Å². The van der Waals surface area contributed by atoms with Gasteiger partial charge in [0.05, 0.1) is 5.02 Å². The molecule has 1 N–H and O–H groups in total. The largest absolute Gasteiger partial charge is 0.414 e. The van der Waals surface area contributed by atoms with Crippen LogP contribution in [0.2, 0.25) is 5.02 Å². The van der Waals surface area contributed by atoms with Gasteiger partial charge in [-0.15, -0.1) is 4.91 Å². The van der Waals surface area contributed by atoms with Crippen LogP contribution >= 0.6 is 27.5 Å². The molecule has 7 heteroatoms. The fraction of sp³-hybridized carbons (Fsp3) is 0.133. The molecule has 1 amide bonds. The van der Waals surface area contributed by atoms with E-state index in [-0.39, 0.29) is 6.42 Å². The fourth-order valence-electron chi connectivity index (χ4n) is 1.77. The molecule has 0 aliphatic carbocycles. The fourth-order valence-corrected chi connectivity index (χ4v) is 2.22. The molecule has 1 unspecified atom stereocenters. The Morgan fingerprint density at radius 3 is 2.64 bits per heavy atom. The normalized spacial score (nSPS) is 11.5. The van der Waals surface area contributed by atoms with Gasteiger partial charge in [-0.2, -0.15) is 0 Å². The van der Waals surface area contributed by atoms with Crippen molar-refractivity contribution in [2.24, 2.45) is 5.18 Å². The molecule has 0 saturated carbocycles. The second kappa shape index (κ2) is 7.91. The average molecular weight is 384 g/mol. The summed E-state index contributed by atoms with van der Waals surface area (Å²) in [6.07, 6.45) is -1.45. The summed E-state index contributed by atoms with van der Waals surface area (Å²) >= 11 is 9.27. The van der Waals surface area contributed by atoms with E-state index < -0.39 is 12.3 Å². The number of rotatable bonds is 5. The summed E-state index contributed by atoms with van der Waals surface area (Å²) in [5, 5.41) is 5.83. The van der Waals surface area contributed by atoms with Crippen molar-refractivity contribution in [3.05, 3.63) is 68.5 Å². The highest BCUT2D eigenvalue weighted by molar-refractivity contribution is 9.10. The van der Waals surface area contributed by atoms with Gasteiger partial charge in [0, 0.05) is 10.9 Å². The SMILES string of the molecule is O=NC(Cc1ccc(Br)c(Cl)c1)NC(=O)Oc1ccccc1. The van der Waals surface area contributed by atoms with Crippen LogP contribution in [0.3, 0.4) is 0 Å². The third kappa shape index (κ3) is 4.82. The van der Waals surface area contributed by atoms with E-state index in [2.05, 4.69) is 26.4 Å². The van der Waals surface area contributed by atoms with Gasteiger partial charge in [0.2, 0.25) is 0 Å². The third-order valence-corrected chi connectivity index (χ3v) is 4.01. The Morgan fingerprint density at radius 2 is 2.00 bits per heavy atom. The highest BCUT2D eigenvalue weighted by Gasteiger charge is 2.15. The highest BCUT2D eigenvalue weighted by Crippen LogP contribution is 2.23. The summed E-state index contributed by atoms with van der Waals surface area (Å²) in [4.78, 5) is 22.6. The van der Waals surface area contributed by atoms with Crippen molar-refractivity contribution in [2.45, 2.75) is 12.6 Å². The van der Waals surface area contributed by atoms with Gasteiger partial charge < -0.3 is 4.74 Å². The van der Waals surface area contributed by atoms with Crippen molar-refractivity contribution in [3.8, 4) is 5.75 Å². The van der Waals surface area contributed by atoms with Gasteiger partial charge in [0.15, 0.2) is 6.17 Å². The molecule has 2 aromatic rings. The van der Waals surface area contributed by atoms with Crippen LogP contribution in [0.15, 0.2) is 58.2 Å². The molecule has 0 heterocycles. The summed E-state index contributed by atoms with van der Waals surface area (Å²) in [5.41, 5.74) is 0.776. The number of nitrogens with one attached hydrogen (secondary N) is 1. The van der Waals surface area contributed by atoms with Gasteiger partial charge in [-0.05, 0) is 50.9 Å². The van der Waals surface area contributed by atoms with E-state index in [9.17, 15) is 9.70 Å². The summed E-state index contributed by atoms with van der Waals surface area (Å²) in [7, 11) is 0. The van der Waals surface area contributed by atoms with Crippen LogP contribution in [0.5, 0.6) is 5.75 Å². The Kier molecular flexibility index (Phi) is 5.91. The second-order valence-electron chi connectivity index (χ2n) is 4.42. The van der Waals surface area contributed by atoms with Gasteiger partial charge in [-0.3, -0.25) is 5.32 Å². The summed E-state index contributed by atoms with van der Waals surface area (Å²) in [6.45, 7) is 0. The van der Waals surface area contributed by atoms with Gasteiger partial charge in [-0.1, -0.05) is 35.9 Å². The molecule has 5 nitrogen and oxygen atoms in total. The van der Waals surface area contributed by atoms with Gasteiger partial charge in [0.25, 0.3) is 0 Å². The zero-order valence-corrected chi connectivity index (χ0v) is 13.7. The van der Waals surface area contributed by atoms with Gasteiger partial charge in [0.1, 0.15) is 5.75 Å². The average Bonchev–Trinajstić information content (AvgIpc) is 2.51. The zero-order chi connectivity index (χ0) is 15.9. The minimum atomic E-state index is -0.937. The minimum Gasteiger partial charge on any atom is -0.410 e. The molecule has 2 rings (SSSR count). The van der Waals surface area contributed by atoms with Crippen LogP contribution in [-0.2, 0) is 6.42 Å². The van der Waals surface area contributed by atoms with E-state index >= 15 is 0 Å². The molecular weight excluding hydrogens is 372 g/mol. The Labute approximate surface area is 140 Å². The number of carbonyl (C=O) groups is 1. The molecule has 114 valence electrons. The molecule has 22 heavy (non-hydrogen) atoms. The van der Waals surface area contributed by atoms with E-state index in [1.165, 1.54) is 0 Å². The smallest absolute Gasteiger partial charge is 0.410 e. The Bertz CT molecular complexity index is 667. The van der Waals surface area contributed by atoms with Crippen LogP contribution in [0.4, 0.5) is 4.79 Å². The van der Waals surface area contributed by atoms with E-state index in [0.29, 0.717) is 10.8 Å². The lowest BCUT2D eigenvalue weighted by Gasteiger charge is -2.12. The maximum Gasteiger partial charge on any atom is 0.414 e. The molecule has 0 bridgehead atoms. The number of hydrogen-bond donors (Lipinski definition) is 1. The lowest BCUT2D eigenvalue weighted by atomic mass is 10.1. The standard InChI is InChI=1S/C15H12BrClN2O3/c16-12-7-6-10(8-13(12)17)9-14(19-21)18-15(20)22-11-4-2-1-3-5-11/h1-8,14H,9H2,(H,18,20). The van der Waals surface area contributed by atoms with Crippen LogP contribution < -0.4 is 10.1 Å². The first kappa shape index (κ1) is 16.5. The molecular formula is C15H12BrClN2O3. The number of carbonyl (C=O) groups excluding carboxylic acids is 1. The monoisotopic (exact) mass is 382 g/mol. The van der Waals surface area contributed by atoms with E-state index in [1.807, 2.05) is 0 Å². The lowest BCUT2D eigenvalue weighted by Crippen LogP contribution is -2.36. The summed E-state index contributed by atoms with van der Waals surface area (Å²) in [6, 6.07) is 13.8. The molecule has 0 aliphatic rings. The predicted octanol–water partition coefficient (Wildman–Crippen LogP) is 4.53. The first-order chi connectivity index (χ1) is 10.6. The quantitative estimate of drug-likeness (QED) is 0.772. The van der Waals surface area contributed by atoms with Crippen molar-refractivity contribution >= 4 is 33.6 Å². The van der Waals surface area contributed by atoms with Crippen LogP contribution in [-0.4, -0.2) is 12.3 Å². The maximum atomic E-state index is 11.7. The minimum absolute atomic E-state index is 0.223. The van der Waals surface area contributed by atoms with E-state index in [0.717, 1.165) is 10.0 Å². The van der Waals surface area contributed by atoms with E-state index in [4.69, 9.17) is 16.3 Å². The zero-order valence-electron chi connectivity index (χ0n) is 11.3.